The summed E-state index contributed by atoms with van der Waals surface area (Å²) in [5.41, 5.74) is 1.34. The van der Waals surface area contributed by atoms with E-state index in [9.17, 15) is 14.0 Å². The first-order chi connectivity index (χ1) is 13.6. The Labute approximate surface area is 165 Å². The Morgan fingerprint density at radius 3 is 2.68 bits per heavy atom. The van der Waals surface area contributed by atoms with Gasteiger partial charge in [0.05, 0.1) is 11.7 Å². The first-order valence-electron chi connectivity index (χ1n) is 8.72. The number of anilines is 1. The number of fused-ring (bicyclic) bond motifs is 1. The minimum absolute atomic E-state index is 0.101. The van der Waals surface area contributed by atoms with E-state index in [0.29, 0.717) is 11.4 Å². The minimum Gasteiger partial charge on any atom is -0.482 e. The van der Waals surface area contributed by atoms with E-state index in [2.05, 4.69) is 5.32 Å². The fraction of sp³-hybridized carbons (Fsp3) is 0.143. The molecule has 5 nitrogen and oxygen atoms in total. The van der Waals surface area contributed by atoms with Crippen molar-refractivity contribution in [1.82, 2.24) is 5.32 Å². The number of hydrogen-bond donors (Lipinski definition) is 1. The molecular weight excluding hydrogens is 379 g/mol. The molecule has 142 valence electrons. The molecule has 2 amide bonds. The topological polar surface area (TPSA) is 58.6 Å². The maximum atomic E-state index is 13.3. The van der Waals surface area contributed by atoms with Gasteiger partial charge in [0.1, 0.15) is 18.1 Å². The maximum Gasteiger partial charge on any atom is 0.265 e. The van der Waals surface area contributed by atoms with Crippen LogP contribution in [0.1, 0.15) is 16.5 Å². The van der Waals surface area contributed by atoms with Gasteiger partial charge < -0.3 is 10.1 Å². The fourth-order valence-corrected chi connectivity index (χ4v) is 3.91. The number of halogens is 1. The molecule has 2 heterocycles. The molecule has 1 aliphatic heterocycles. The number of nitrogens with zero attached hydrogens (tertiary/aromatic N) is 1. The number of rotatable bonds is 5. The smallest absolute Gasteiger partial charge is 0.265 e. The van der Waals surface area contributed by atoms with Gasteiger partial charge >= 0.3 is 0 Å². The Bertz CT molecular complexity index is 989. The molecule has 0 spiro atoms. The van der Waals surface area contributed by atoms with Gasteiger partial charge in [0, 0.05) is 4.88 Å². The Kier molecular flexibility index (Phi) is 5.08. The predicted octanol–water partition coefficient (Wildman–Crippen LogP) is 3.52. The lowest BCUT2D eigenvalue weighted by Gasteiger charge is -2.29. The maximum absolute atomic E-state index is 13.3. The first-order valence-corrected chi connectivity index (χ1v) is 9.60. The molecule has 1 N–H and O–H groups in total. The van der Waals surface area contributed by atoms with Crippen LogP contribution in [0.4, 0.5) is 10.1 Å². The van der Waals surface area contributed by atoms with Crippen molar-refractivity contribution in [2.75, 3.05) is 18.1 Å². The van der Waals surface area contributed by atoms with E-state index in [1.54, 1.807) is 30.3 Å². The lowest BCUT2D eigenvalue weighted by atomic mass is 10.1. The highest BCUT2D eigenvalue weighted by Gasteiger charge is 2.28. The van der Waals surface area contributed by atoms with Gasteiger partial charge in [0.2, 0.25) is 5.91 Å². The number of carbonyl (C=O) groups is 2. The third-order valence-electron chi connectivity index (χ3n) is 4.45. The fourth-order valence-electron chi connectivity index (χ4n) is 3.11. The zero-order valence-corrected chi connectivity index (χ0v) is 15.6. The molecule has 0 radical (unpaired) electrons. The summed E-state index contributed by atoms with van der Waals surface area (Å²) in [5, 5.41) is 4.88. The molecule has 0 saturated carbocycles. The molecule has 28 heavy (non-hydrogen) atoms. The van der Waals surface area contributed by atoms with Gasteiger partial charge in [-0.25, -0.2) is 4.39 Å². The predicted molar refractivity (Wildman–Crippen MR) is 105 cm³/mol. The van der Waals surface area contributed by atoms with Crippen molar-refractivity contribution in [2.45, 2.75) is 6.04 Å². The number of benzene rings is 2. The highest BCUT2D eigenvalue weighted by molar-refractivity contribution is 7.10. The molecule has 4 rings (SSSR count). The van der Waals surface area contributed by atoms with E-state index in [0.717, 1.165) is 10.4 Å². The van der Waals surface area contributed by atoms with Crippen LogP contribution in [0.25, 0.3) is 0 Å². The van der Waals surface area contributed by atoms with Gasteiger partial charge in [-0.15, -0.1) is 11.3 Å². The molecule has 1 aromatic heterocycles. The van der Waals surface area contributed by atoms with Gasteiger partial charge in [0.15, 0.2) is 6.61 Å². The summed E-state index contributed by atoms with van der Waals surface area (Å²) in [6.07, 6.45) is 0. The van der Waals surface area contributed by atoms with Gasteiger partial charge in [0.25, 0.3) is 5.91 Å². The third kappa shape index (κ3) is 3.75. The van der Waals surface area contributed by atoms with Crippen LogP contribution in [0, 0.1) is 5.82 Å². The van der Waals surface area contributed by atoms with Crippen molar-refractivity contribution in [3.8, 4) is 5.75 Å². The second-order valence-electron chi connectivity index (χ2n) is 6.30. The molecular formula is C21H17FN2O3S. The quantitative estimate of drug-likeness (QED) is 0.718. The average Bonchev–Trinajstić information content (AvgIpc) is 3.24. The van der Waals surface area contributed by atoms with Crippen molar-refractivity contribution >= 4 is 28.8 Å². The molecule has 0 bridgehead atoms. The number of hydrogen-bond acceptors (Lipinski definition) is 4. The Morgan fingerprint density at radius 2 is 1.93 bits per heavy atom. The van der Waals surface area contributed by atoms with Crippen molar-refractivity contribution in [1.29, 1.82) is 0 Å². The minimum atomic E-state index is -0.417. The summed E-state index contributed by atoms with van der Waals surface area (Å²) in [6, 6.07) is 16.5. The molecule has 1 aliphatic rings. The van der Waals surface area contributed by atoms with Crippen LogP contribution in [-0.2, 0) is 9.59 Å². The van der Waals surface area contributed by atoms with Gasteiger partial charge in [-0.2, -0.15) is 0 Å². The molecule has 7 heteroatoms. The van der Waals surface area contributed by atoms with E-state index in [-0.39, 0.29) is 30.8 Å². The van der Waals surface area contributed by atoms with Crippen molar-refractivity contribution in [3.63, 3.8) is 0 Å². The molecule has 0 aliphatic carbocycles. The zero-order valence-electron chi connectivity index (χ0n) is 14.8. The van der Waals surface area contributed by atoms with Crippen LogP contribution in [0.15, 0.2) is 66.0 Å². The van der Waals surface area contributed by atoms with E-state index in [4.69, 9.17) is 4.74 Å². The average molecular weight is 396 g/mol. The van der Waals surface area contributed by atoms with E-state index >= 15 is 0 Å². The SMILES string of the molecule is O=C(CN1C(=O)COc2ccccc21)NC(c1ccc(F)cc1)c1cccs1. The standard InChI is InChI=1S/C21H17FN2O3S/c22-15-9-7-14(8-10-15)21(18-6-3-11-28-18)23-19(25)12-24-16-4-1-2-5-17(16)27-13-20(24)26/h1-11,21H,12-13H2,(H,23,25). The van der Waals surface area contributed by atoms with Crippen LogP contribution in [-0.4, -0.2) is 25.0 Å². The molecule has 1 atom stereocenters. The normalized spacial score (nSPS) is 14.2. The Morgan fingerprint density at radius 1 is 1.14 bits per heavy atom. The molecule has 3 aromatic rings. The van der Waals surface area contributed by atoms with Gasteiger partial charge in [-0.05, 0) is 41.3 Å². The summed E-state index contributed by atoms with van der Waals surface area (Å²) in [7, 11) is 0. The number of carbonyl (C=O) groups excluding carboxylic acids is 2. The zero-order chi connectivity index (χ0) is 19.5. The van der Waals surface area contributed by atoms with Crippen LogP contribution in [0.3, 0.4) is 0 Å². The number of para-hydroxylation sites is 2. The lowest BCUT2D eigenvalue weighted by Crippen LogP contribution is -2.45. The van der Waals surface area contributed by atoms with E-state index in [1.165, 1.54) is 28.4 Å². The van der Waals surface area contributed by atoms with E-state index < -0.39 is 6.04 Å². The molecule has 2 aromatic carbocycles. The molecule has 0 fully saturated rings. The van der Waals surface area contributed by atoms with Crippen molar-refractivity contribution in [2.24, 2.45) is 0 Å². The first kappa shape index (κ1) is 18.2. The summed E-state index contributed by atoms with van der Waals surface area (Å²) >= 11 is 1.50. The van der Waals surface area contributed by atoms with Crippen molar-refractivity contribution in [3.05, 3.63) is 82.3 Å². The summed E-state index contributed by atoms with van der Waals surface area (Å²) in [6.45, 7) is -0.223. The van der Waals surface area contributed by atoms with Crippen LogP contribution < -0.4 is 15.0 Å². The summed E-state index contributed by atoms with van der Waals surface area (Å²) in [5.74, 6) is -0.352. The van der Waals surface area contributed by atoms with Crippen molar-refractivity contribution < 1.29 is 18.7 Å². The number of ether oxygens (including phenoxy) is 1. The Balaban J connectivity index is 1.55. The number of thiophene rings is 1. The second-order valence-corrected chi connectivity index (χ2v) is 7.28. The third-order valence-corrected chi connectivity index (χ3v) is 5.38. The second kappa shape index (κ2) is 7.82. The molecule has 0 saturated heterocycles. The largest absolute Gasteiger partial charge is 0.482 e. The lowest BCUT2D eigenvalue weighted by molar-refractivity contribution is -0.125. The monoisotopic (exact) mass is 396 g/mol. The van der Waals surface area contributed by atoms with Gasteiger partial charge in [-0.1, -0.05) is 30.3 Å². The number of nitrogens with one attached hydrogen (secondary N) is 1. The highest BCUT2D eigenvalue weighted by Crippen LogP contribution is 2.31. The summed E-state index contributed by atoms with van der Waals surface area (Å²) < 4.78 is 18.7. The summed E-state index contributed by atoms with van der Waals surface area (Å²) in [4.78, 5) is 27.4. The highest BCUT2D eigenvalue weighted by atomic mass is 32.1. The van der Waals surface area contributed by atoms with Gasteiger partial charge in [-0.3, -0.25) is 14.5 Å². The number of amides is 2. The Hall–Kier alpha value is -3.19. The molecule has 1 unspecified atom stereocenters. The van der Waals surface area contributed by atoms with Crippen LogP contribution >= 0.6 is 11.3 Å². The van der Waals surface area contributed by atoms with E-state index in [1.807, 2.05) is 23.6 Å². The van der Waals surface area contributed by atoms with Crippen LogP contribution in [0.2, 0.25) is 0 Å². The van der Waals surface area contributed by atoms with Crippen LogP contribution in [0.5, 0.6) is 5.75 Å².